The Labute approximate surface area is 186 Å². The summed E-state index contributed by atoms with van der Waals surface area (Å²) in [6, 6.07) is 6.32. The third-order valence-electron chi connectivity index (χ3n) is 6.41. The molecule has 2 aliphatic rings. The molecule has 2 fully saturated rings. The van der Waals surface area contributed by atoms with Crippen molar-refractivity contribution in [2.45, 2.75) is 50.3 Å². The van der Waals surface area contributed by atoms with Gasteiger partial charge in [0.25, 0.3) is 0 Å². The zero-order valence-corrected chi connectivity index (χ0v) is 18.4. The number of fused-ring (bicyclic) bond motifs is 1. The molecule has 31 heavy (non-hydrogen) atoms. The van der Waals surface area contributed by atoms with Gasteiger partial charge in [0.15, 0.2) is 5.82 Å². The SMILES string of the molecule is COc1nc(C2CC(O)C2)cc(-n2ncc3cc(C)c([C@H]4CCNC[C@@H]4F)cc32)n1.Cl. The number of methoxy groups -OCH3 is 1. The number of hydrogen-bond donors (Lipinski definition) is 2. The van der Waals surface area contributed by atoms with Crippen molar-refractivity contribution in [3.63, 3.8) is 0 Å². The summed E-state index contributed by atoms with van der Waals surface area (Å²) in [6.07, 6.45) is 2.79. The molecule has 166 valence electrons. The van der Waals surface area contributed by atoms with Gasteiger partial charge in [-0.25, -0.2) is 9.07 Å². The first-order valence-electron chi connectivity index (χ1n) is 10.5. The molecule has 2 atom stereocenters. The first-order valence-corrected chi connectivity index (χ1v) is 10.5. The van der Waals surface area contributed by atoms with E-state index in [1.165, 1.54) is 0 Å². The summed E-state index contributed by atoms with van der Waals surface area (Å²) >= 11 is 0. The molecule has 5 rings (SSSR count). The van der Waals surface area contributed by atoms with Crippen LogP contribution in [0.2, 0.25) is 0 Å². The van der Waals surface area contributed by atoms with E-state index in [9.17, 15) is 9.50 Å². The molecule has 1 saturated heterocycles. The molecule has 0 amide bonds. The van der Waals surface area contributed by atoms with E-state index in [0.717, 1.165) is 40.7 Å². The van der Waals surface area contributed by atoms with Gasteiger partial charge in [-0.1, -0.05) is 0 Å². The molecular formula is C22H27ClFN5O2. The topological polar surface area (TPSA) is 85.1 Å². The minimum absolute atomic E-state index is 0. The molecule has 2 N–H and O–H groups in total. The van der Waals surface area contributed by atoms with Crippen LogP contribution < -0.4 is 10.1 Å². The van der Waals surface area contributed by atoms with Crippen molar-refractivity contribution in [3.8, 4) is 11.8 Å². The van der Waals surface area contributed by atoms with Crippen molar-refractivity contribution in [1.82, 2.24) is 25.1 Å². The van der Waals surface area contributed by atoms with Crippen LogP contribution in [-0.2, 0) is 0 Å². The molecule has 1 aliphatic carbocycles. The summed E-state index contributed by atoms with van der Waals surface area (Å²) in [5.41, 5.74) is 3.85. The first-order chi connectivity index (χ1) is 14.5. The molecule has 0 unspecified atom stereocenters. The van der Waals surface area contributed by atoms with Crippen molar-refractivity contribution in [2.24, 2.45) is 0 Å². The summed E-state index contributed by atoms with van der Waals surface area (Å²) in [5.74, 6) is 0.688. The highest BCUT2D eigenvalue weighted by Crippen LogP contribution is 2.37. The van der Waals surface area contributed by atoms with Gasteiger partial charge >= 0.3 is 6.01 Å². The van der Waals surface area contributed by atoms with E-state index in [-0.39, 0.29) is 36.4 Å². The number of ether oxygens (including phenoxy) is 1. The van der Waals surface area contributed by atoms with E-state index in [1.54, 1.807) is 11.8 Å². The number of rotatable bonds is 4. The molecule has 9 heteroatoms. The molecule has 0 radical (unpaired) electrons. The van der Waals surface area contributed by atoms with E-state index in [4.69, 9.17) is 4.74 Å². The summed E-state index contributed by atoms with van der Waals surface area (Å²) < 4.78 is 21.7. The fourth-order valence-electron chi connectivity index (χ4n) is 4.63. The number of nitrogens with one attached hydrogen (secondary N) is 1. The van der Waals surface area contributed by atoms with Gasteiger partial charge in [-0.2, -0.15) is 15.1 Å². The van der Waals surface area contributed by atoms with E-state index in [1.807, 2.05) is 19.2 Å². The highest BCUT2D eigenvalue weighted by atomic mass is 35.5. The van der Waals surface area contributed by atoms with Crippen molar-refractivity contribution < 1.29 is 14.2 Å². The lowest BCUT2D eigenvalue weighted by molar-refractivity contribution is 0.0729. The predicted octanol–water partition coefficient (Wildman–Crippen LogP) is 3.21. The largest absolute Gasteiger partial charge is 0.467 e. The lowest BCUT2D eigenvalue weighted by atomic mass is 9.80. The van der Waals surface area contributed by atoms with Gasteiger partial charge in [0, 0.05) is 29.8 Å². The second-order valence-corrected chi connectivity index (χ2v) is 8.40. The van der Waals surface area contributed by atoms with Crippen LogP contribution >= 0.6 is 12.4 Å². The second kappa shape index (κ2) is 8.68. The Balaban J connectivity index is 0.00000231. The third kappa shape index (κ3) is 4.00. The van der Waals surface area contributed by atoms with Crippen molar-refractivity contribution in [1.29, 1.82) is 0 Å². The molecule has 1 saturated carbocycles. The van der Waals surface area contributed by atoms with Crippen LogP contribution in [0.4, 0.5) is 4.39 Å². The Morgan fingerprint density at radius 3 is 2.74 bits per heavy atom. The molecule has 3 heterocycles. The standard InChI is InChI=1S/C22H26FN5O2.ClH/c1-12-5-14-10-25-28(20(14)8-17(12)16-3-4-24-11-18(16)23)21-9-19(13-6-15(29)7-13)26-22(27-21)30-2;/h5,8-10,13,15-16,18,24,29H,3-4,6-7,11H2,1-2H3;1H/t13?,15?,16-,18+;/m1./s1. The number of hydrogen-bond acceptors (Lipinski definition) is 6. The molecule has 2 aromatic heterocycles. The number of aliphatic hydroxyl groups is 1. The molecule has 0 bridgehead atoms. The van der Waals surface area contributed by atoms with E-state index in [0.29, 0.717) is 25.2 Å². The third-order valence-corrected chi connectivity index (χ3v) is 6.41. The number of piperidine rings is 1. The van der Waals surface area contributed by atoms with Crippen LogP contribution in [0.15, 0.2) is 24.4 Å². The van der Waals surface area contributed by atoms with Crippen molar-refractivity contribution in [2.75, 3.05) is 20.2 Å². The van der Waals surface area contributed by atoms with Crippen LogP contribution in [0.3, 0.4) is 0 Å². The zero-order chi connectivity index (χ0) is 20.8. The Morgan fingerprint density at radius 2 is 2.03 bits per heavy atom. The Kier molecular flexibility index (Phi) is 6.14. The highest BCUT2D eigenvalue weighted by molar-refractivity contribution is 5.85. The summed E-state index contributed by atoms with van der Waals surface area (Å²) in [6.45, 7) is 3.25. The van der Waals surface area contributed by atoms with Gasteiger partial charge in [0.2, 0.25) is 0 Å². The van der Waals surface area contributed by atoms with Gasteiger partial charge in [-0.05, 0) is 56.0 Å². The fraction of sp³-hybridized carbons (Fsp3) is 0.500. The van der Waals surface area contributed by atoms with Crippen LogP contribution in [0.1, 0.15) is 47.9 Å². The number of aromatic nitrogens is 4. The van der Waals surface area contributed by atoms with Gasteiger partial charge < -0.3 is 15.2 Å². The van der Waals surface area contributed by atoms with Crippen molar-refractivity contribution in [3.05, 3.63) is 41.2 Å². The number of benzene rings is 1. The van der Waals surface area contributed by atoms with E-state index in [2.05, 4.69) is 32.5 Å². The number of halogens is 2. The molecule has 0 spiro atoms. The predicted molar refractivity (Wildman–Crippen MR) is 118 cm³/mol. The quantitative estimate of drug-likeness (QED) is 0.638. The average Bonchev–Trinajstić information content (AvgIpc) is 3.13. The Morgan fingerprint density at radius 1 is 1.23 bits per heavy atom. The molecule has 1 aliphatic heterocycles. The number of aliphatic hydroxyl groups excluding tert-OH is 1. The fourth-order valence-corrected chi connectivity index (χ4v) is 4.63. The molecule has 1 aromatic carbocycles. The van der Waals surface area contributed by atoms with Crippen LogP contribution in [0, 0.1) is 6.92 Å². The van der Waals surface area contributed by atoms with Crippen LogP contribution in [0.5, 0.6) is 6.01 Å². The normalized spacial score (nSPS) is 25.7. The smallest absolute Gasteiger partial charge is 0.318 e. The molecule has 7 nitrogen and oxygen atoms in total. The summed E-state index contributed by atoms with van der Waals surface area (Å²) in [5, 5.41) is 18.3. The maximum absolute atomic E-state index is 14.6. The minimum Gasteiger partial charge on any atom is -0.467 e. The van der Waals surface area contributed by atoms with Gasteiger partial charge in [0.1, 0.15) is 6.17 Å². The lowest BCUT2D eigenvalue weighted by Gasteiger charge is -2.31. The number of aryl methyl sites for hydroxylation is 1. The molecular weight excluding hydrogens is 421 g/mol. The zero-order valence-electron chi connectivity index (χ0n) is 17.6. The van der Waals surface area contributed by atoms with Gasteiger partial charge in [0.05, 0.1) is 30.6 Å². The lowest BCUT2D eigenvalue weighted by Crippen LogP contribution is -2.36. The summed E-state index contributed by atoms with van der Waals surface area (Å²) in [7, 11) is 1.54. The van der Waals surface area contributed by atoms with E-state index < -0.39 is 6.17 Å². The number of nitrogens with zero attached hydrogens (tertiary/aromatic N) is 4. The monoisotopic (exact) mass is 447 g/mol. The maximum Gasteiger partial charge on any atom is 0.318 e. The average molecular weight is 448 g/mol. The highest BCUT2D eigenvalue weighted by Gasteiger charge is 2.31. The second-order valence-electron chi connectivity index (χ2n) is 8.40. The minimum atomic E-state index is -0.901. The maximum atomic E-state index is 14.6. The Hall–Kier alpha value is -2.29. The molecule has 3 aromatic rings. The number of alkyl halides is 1. The van der Waals surface area contributed by atoms with Crippen LogP contribution in [-0.4, -0.2) is 57.3 Å². The van der Waals surface area contributed by atoms with Gasteiger partial charge in [-0.15, -0.1) is 12.4 Å². The Bertz CT molecular complexity index is 1090. The van der Waals surface area contributed by atoms with Gasteiger partial charge in [-0.3, -0.25) is 0 Å². The first kappa shape index (κ1) is 21.9. The summed E-state index contributed by atoms with van der Waals surface area (Å²) in [4.78, 5) is 8.98. The van der Waals surface area contributed by atoms with Crippen molar-refractivity contribution >= 4 is 23.3 Å². The van der Waals surface area contributed by atoms with Crippen LogP contribution in [0.25, 0.3) is 16.7 Å². The van der Waals surface area contributed by atoms with E-state index >= 15 is 0 Å².